The molecule has 0 aromatic carbocycles. The molecule has 6 aliphatic heterocycles. The zero-order valence-corrected chi connectivity index (χ0v) is 72.5. The first kappa shape index (κ1) is 82.1. The summed E-state index contributed by atoms with van der Waals surface area (Å²) in [7, 11) is 5.81. The fourth-order valence-corrected chi connectivity index (χ4v) is 19.0. The van der Waals surface area contributed by atoms with Crippen LogP contribution in [0.2, 0.25) is 0 Å². The average Bonchev–Trinajstić information content (AvgIpc) is 1.65. The van der Waals surface area contributed by atoms with Crippen molar-refractivity contribution in [3.8, 4) is 51.4 Å². The van der Waals surface area contributed by atoms with Gasteiger partial charge in [0.15, 0.2) is 0 Å². The Kier molecular flexibility index (Phi) is 22.1. The normalized spacial score (nSPS) is 18.4. The number of piperazine rings is 2. The van der Waals surface area contributed by atoms with Gasteiger partial charge in [-0.05, 0) is 186 Å². The fourth-order valence-electron chi connectivity index (χ4n) is 19.0. The SMILES string of the molecule is CCN1CCC2CN(c3ccc4nc(-c5cc6c(C)nc(C)cn6n5)cc(=O)n4c3)CCC21.COc1nc(C)cn2nc(-c3cc(=O)n4cc(N5CCN(C)CC5)ccc4n3)cc12.Cc1cn2nc(-c3cc(=O)n4cc(N5CCC6C(CCN6CCO)C5)ccc4n3)cc2c(C)n1.Cc1cn2nc(-c3cc(=O)n4cc(N5CCN(C)CC5)ccc4n3)cc2c(=O)[nH]1. The third kappa shape index (κ3) is 16.3. The van der Waals surface area contributed by atoms with Crippen LogP contribution < -0.4 is 52.1 Å². The standard InChI is InChI=1S/C25H29N7O2.C25H29N7O.C21H23N7O2.C20H21N7O2/c1-16-13-32-23(17(2)26-16)11-21(28-32)20-12-25(34)31-15-19(3-4-24(31)27-20)30-8-6-22-18(14-30)5-7-29(22)9-10-33;1-4-29-9-7-18-14-30(10-8-22(18)29)19-5-6-24-27-20(12-25(33)31(24)15-19)21-11-23-17(3)26-16(2)13-32(23)28-21;1-14-12-28-18(21(22-14)30-3)10-17(24-28)16-11-20(29)27-13-15(4-5-19(27)23-16)26-8-6-25(2)7-9-26;1-13-11-27-17(20(29)21-13)9-16(23-27)15-10-19(28)26-12-14(3-4-18(26)22-15)25-7-5-24(2)6-8-25/h3-4,11-13,15,18,22,33H,5-10,14H2,1-2H3;5-6,11-13,15,18,22H,4,7-10,14H2,1-3H3;4-5,10-13H,6-9H2,1-3H3;3-4,9-12H,5-8H2,1-2H3,(H,21,29). The maximum Gasteiger partial charge on any atom is 0.274 e. The molecule has 0 saturated carbocycles. The maximum absolute atomic E-state index is 13.1. The van der Waals surface area contributed by atoms with E-state index in [-0.39, 0.29) is 34.4 Å². The van der Waals surface area contributed by atoms with Gasteiger partial charge < -0.3 is 49.1 Å². The van der Waals surface area contributed by atoms with Gasteiger partial charge in [-0.1, -0.05) is 6.92 Å². The van der Waals surface area contributed by atoms with Gasteiger partial charge in [-0.25, -0.2) is 43.0 Å². The molecule has 22 rings (SSSR count). The Morgan fingerprint density at radius 3 is 1.13 bits per heavy atom. The summed E-state index contributed by atoms with van der Waals surface area (Å²) >= 11 is 0. The molecule has 35 heteroatoms. The molecule has 16 aromatic rings. The van der Waals surface area contributed by atoms with Gasteiger partial charge in [-0.2, -0.15) is 20.4 Å². The highest BCUT2D eigenvalue weighted by Crippen LogP contribution is 2.37. The lowest BCUT2D eigenvalue weighted by Gasteiger charge is -2.39. The number of aromatic nitrogens is 20. The second-order valence-electron chi connectivity index (χ2n) is 34.1. The number of likely N-dealkylation sites (tertiary alicyclic amines) is 2. The highest BCUT2D eigenvalue weighted by atomic mass is 16.5. The second kappa shape index (κ2) is 33.9. The van der Waals surface area contributed by atoms with Gasteiger partial charge in [0.25, 0.3) is 27.8 Å². The summed E-state index contributed by atoms with van der Waals surface area (Å²) in [6.07, 6.45) is 19.6. The van der Waals surface area contributed by atoms with Gasteiger partial charge in [0.1, 0.15) is 56.4 Å². The number of nitrogens with one attached hydrogen (secondary N) is 1. The molecule has 0 aliphatic carbocycles. The summed E-state index contributed by atoms with van der Waals surface area (Å²) in [4.78, 5) is 118. The van der Waals surface area contributed by atoms with E-state index in [4.69, 9.17) is 14.7 Å². The lowest BCUT2D eigenvalue weighted by atomic mass is 9.92. The van der Waals surface area contributed by atoms with Crippen LogP contribution in [0.4, 0.5) is 22.7 Å². The molecule has 6 aliphatic rings. The molecular weight excluding hydrogens is 1600 g/mol. The van der Waals surface area contributed by atoms with E-state index in [0.29, 0.717) is 109 Å². The molecule has 0 radical (unpaired) electrons. The molecular formula is C91H102N28O7. The number of likely N-dealkylation sites (N-methyl/N-ethyl adjacent to an activating group) is 2. The molecule has 6 saturated heterocycles. The third-order valence-corrected chi connectivity index (χ3v) is 25.6. The minimum absolute atomic E-state index is 0.0900. The first-order valence-corrected chi connectivity index (χ1v) is 43.3. The Morgan fingerprint density at radius 1 is 0.381 bits per heavy atom. The number of hydrogen-bond donors (Lipinski definition) is 2. The minimum Gasteiger partial charge on any atom is -0.479 e. The number of anilines is 4. The molecule has 648 valence electrons. The number of pyridine rings is 4. The third-order valence-electron chi connectivity index (χ3n) is 25.6. The van der Waals surface area contributed by atoms with Crippen molar-refractivity contribution < 1.29 is 9.84 Å². The molecule has 4 atom stereocenters. The lowest BCUT2D eigenvalue weighted by Crippen LogP contribution is -2.46. The maximum atomic E-state index is 13.1. The van der Waals surface area contributed by atoms with E-state index in [9.17, 15) is 29.1 Å². The van der Waals surface area contributed by atoms with E-state index in [1.54, 1.807) is 65.1 Å². The van der Waals surface area contributed by atoms with Crippen molar-refractivity contribution in [2.24, 2.45) is 11.8 Å². The van der Waals surface area contributed by atoms with Gasteiger partial charge in [0, 0.05) is 158 Å². The van der Waals surface area contributed by atoms with Crippen LogP contribution in [0.25, 0.3) is 90.2 Å². The summed E-state index contributed by atoms with van der Waals surface area (Å²) in [5.41, 5.74) is 18.4. The highest BCUT2D eigenvalue weighted by molar-refractivity contribution is 5.71. The highest BCUT2D eigenvalue weighted by Gasteiger charge is 2.40. The minimum atomic E-state index is -0.224. The van der Waals surface area contributed by atoms with Crippen molar-refractivity contribution in [1.82, 2.24) is 116 Å². The quantitative estimate of drug-likeness (QED) is 0.123. The van der Waals surface area contributed by atoms with Crippen LogP contribution in [-0.4, -0.2) is 265 Å². The molecule has 2 N–H and O–H groups in total. The lowest BCUT2D eigenvalue weighted by molar-refractivity contribution is 0.158. The van der Waals surface area contributed by atoms with Crippen molar-refractivity contribution in [3.63, 3.8) is 0 Å². The van der Waals surface area contributed by atoms with Crippen molar-refractivity contribution in [2.45, 2.75) is 86.2 Å². The number of aliphatic hydroxyl groups excluding tert-OH is 1. The largest absolute Gasteiger partial charge is 0.479 e. The van der Waals surface area contributed by atoms with E-state index in [2.05, 4.69) is 123 Å². The molecule has 0 spiro atoms. The topological polar surface area (TPSA) is 334 Å². The van der Waals surface area contributed by atoms with Crippen LogP contribution in [0.3, 0.4) is 0 Å². The van der Waals surface area contributed by atoms with Crippen LogP contribution in [0.1, 0.15) is 66.8 Å². The van der Waals surface area contributed by atoms with Crippen molar-refractivity contribution in [3.05, 3.63) is 233 Å². The summed E-state index contributed by atoms with van der Waals surface area (Å²) in [5, 5.41) is 27.6. The summed E-state index contributed by atoms with van der Waals surface area (Å²) < 4.78 is 18.6. The summed E-state index contributed by atoms with van der Waals surface area (Å²) in [6, 6.07) is 30.6. The molecule has 0 amide bonds. The first-order valence-electron chi connectivity index (χ1n) is 43.3. The van der Waals surface area contributed by atoms with E-state index in [1.165, 1.54) is 36.0 Å². The predicted molar refractivity (Wildman–Crippen MR) is 484 cm³/mol. The van der Waals surface area contributed by atoms with Crippen LogP contribution in [0, 0.1) is 53.4 Å². The van der Waals surface area contributed by atoms with E-state index < -0.39 is 0 Å². The Labute approximate surface area is 723 Å². The number of methoxy groups -OCH3 is 1. The Morgan fingerprint density at radius 2 is 0.738 bits per heavy atom. The van der Waals surface area contributed by atoms with Crippen molar-refractivity contribution >= 4 is 67.4 Å². The van der Waals surface area contributed by atoms with Crippen molar-refractivity contribution in [2.75, 3.05) is 152 Å². The van der Waals surface area contributed by atoms with Crippen molar-refractivity contribution in [1.29, 1.82) is 0 Å². The zero-order chi connectivity index (χ0) is 87.0. The van der Waals surface area contributed by atoms with E-state index in [1.807, 2.05) is 137 Å². The number of hydrogen-bond acceptors (Lipinski definition) is 26. The molecule has 16 aromatic heterocycles. The van der Waals surface area contributed by atoms with Crippen LogP contribution in [-0.2, 0) is 0 Å². The number of piperidine rings is 2. The zero-order valence-electron chi connectivity index (χ0n) is 72.5. The number of aliphatic hydroxyl groups is 1. The summed E-state index contributed by atoms with van der Waals surface area (Å²) in [5.74, 6) is 1.80. The number of β-amino-alcohol motifs (C(OH)–C–C–N with tert-alkyl or cyclic N) is 1. The number of aryl methyl sites for hydroxylation is 6. The molecule has 35 nitrogen and oxygen atoms in total. The fraction of sp³-hybridized carbons (Fsp3) is 0.385. The number of H-pyrrole nitrogens is 1. The smallest absolute Gasteiger partial charge is 0.274 e. The molecule has 6 fully saturated rings. The Hall–Kier alpha value is -13.5. The van der Waals surface area contributed by atoms with Gasteiger partial charge in [0.05, 0.1) is 117 Å². The van der Waals surface area contributed by atoms with E-state index in [0.717, 1.165) is 179 Å². The number of nitrogens with zero attached hydrogens (tertiary/aromatic N) is 27. The van der Waals surface area contributed by atoms with Gasteiger partial charge >= 0.3 is 0 Å². The van der Waals surface area contributed by atoms with Crippen LogP contribution in [0.5, 0.6) is 5.88 Å². The van der Waals surface area contributed by atoms with Crippen LogP contribution >= 0.6 is 0 Å². The second-order valence-corrected chi connectivity index (χ2v) is 34.1. The number of ether oxygens (including phenoxy) is 1. The molecule has 4 unspecified atom stereocenters. The van der Waals surface area contributed by atoms with E-state index >= 15 is 0 Å². The summed E-state index contributed by atoms with van der Waals surface area (Å²) in [6.45, 7) is 29.9. The number of aromatic amines is 1. The average molecular weight is 1700 g/mol. The number of fused-ring (bicyclic) bond motifs is 10. The van der Waals surface area contributed by atoms with Crippen LogP contribution in [0.15, 0.2) is 171 Å². The number of rotatable bonds is 12. The Bertz CT molecular complexity index is 7210. The molecule has 22 heterocycles. The van der Waals surface area contributed by atoms with Gasteiger partial charge in [-0.15, -0.1) is 0 Å². The van der Waals surface area contributed by atoms with Gasteiger partial charge in [0.2, 0.25) is 5.88 Å². The Balaban J connectivity index is 0.000000110. The predicted octanol–water partition coefficient (Wildman–Crippen LogP) is 7.09. The first-order chi connectivity index (χ1) is 61.0. The molecule has 0 bridgehead atoms. The molecule has 126 heavy (non-hydrogen) atoms. The monoisotopic (exact) mass is 1700 g/mol. The van der Waals surface area contributed by atoms with Gasteiger partial charge in [-0.3, -0.25) is 56.4 Å².